The molecule has 128 valence electrons. The van der Waals surface area contributed by atoms with Gasteiger partial charge in [-0.3, -0.25) is 4.99 Å². The van der Waals surface area contributed by atoms with Crippen LogP contribution in [0.4, 0.5) is 11.5 Å². The van der Waals surface area contributed by atoms with E-state index in [2.05, 4.69) is 38.8 Å². The summed E-state index contributed by atoms with van der Waals surface area (Å²) in [7, 11) is 0. The lowest BCUT2D eigenvalue weighted by Gasteiger charge is -2.19. The molecule has 6 heteroatoms. The number of fused-ring (bicyclic) bond motifs is 1. The van der Waals surface area contributed by atoms with E-state index in [-0.39, 0.29) is 24.0 Å². The van der Waals surface area contributed by atoms with E-state index in [9.17, 15) is 0 Å². The second kappa shape index (κ2) is 9.46. The van der Waals surface area contributed by atoms with Gasteiger partial charge in [-0.2, -0.15) is 0 Å². The molecule has 1 aromatic heterocycles. The zero-order valence-corrected chi connectivity index (χ0v) is 16.0. The molecule has 5 nitrogen and oxygen atoms in total. The van der Waals surface area contributed by atoms with Crippen LogP contribution in [0.3, 0.4) is 0 Å². The molecule has 0 bridgehead atoms. The van der Waals surface area contributed by atoms with Crippen LogP contribution in [0.2, 0.25) is 0 Å². The number of aryl methyl sites for hydroxylation is 1. The number of hydrogen-bond acceptors (Lipinski definition) is 3. The highest BCUT2D eigenvalue weighted by Gasteiger charge is 2.12. The highest BCUT2D eigenvalue weighted by Crippen LogP contribution is 2.27. The van der Waals surface area contributed by atoms with Gasteiger partial charge in [0.15, 0.2) is 5.96 Å². The predicted molar refractivity (Wildman–Crippen MR) is 111 cm³/mol. The van der Waals surface area contributed by atoms with Crippen molar-refractivity contribution in [3.8, 4) is 0 Å². The maximum atomic E-state index is 6.01. The molecule has 0 radical (unpaired) electrons. The van der Waals surface area contributed by atoms with E-state index in [0.717, 1.165) is 24.3 Å². The molecule has 1 aliphatic rings. The Balaban J connectivity index is 0.00000208. The summed E-state index contributed by atoms with van der Waals surface area (Å²) >= 11 is 0. The quantitative estimate of drug-likeness (QED) is 0.290. The van der Waals surface area contributed by atoms with Crippen molar-refractivity contribution >= 4 is 41.4 Å². The molecule has 0 fully saturated rings. The number of rotatable bonds is 5. The molecule has 0 atom stereocenters. The number of anilines is 2. The molecule has 0 spiro atoms. The van der Waals surface area contributed by atoms with E-state index in [0.29, 0.717) is 19.0 Å². The Labute approximate surface area is 160 Å². The van der Waals surface area contributed by atoms with Crippen LogP contribution in [0.25, 0.3) is 0 Å². The molecule has 2 aromatic rings. The maximum Gasteiger partial charge on any atom is 0.193 e. The lowest BCUT2D eigenvalue weighted by Crippen LogP contribution is -2.25. The summed E-state index contributed by atoms with van der Waals surface area (Å²) in [5.74, 6) is 1.32. The highest BCUT2D eigenvalue weighted by molar-refractivity contribution is 14.0. The lowest BCUT2D eigenvalue weighted by atomic mass is 9.90. The van der Waals surface area contributed by atoms with Gasteiger partial charge in [0.05, 0.1) is 6.54 Å². The van der Waals surface area contributed by atoms with Crippen molar-refractivity contribution in [3.05, 3.63) is 53.7 Å². The third-order valence-electron chi connectivity index (χ3n) is 4.02. The first kappa shape index (κ1) is 18.5. The molecular weight excluding hydrogens is 413 g/mol. The van der Waals surface area contributed by atoms with E-state index in [1.54, 1.807) is 6.20 Å². The first-order valence-electron chi connectivity index (χ1n) is 8.15. The smallest absolute Gasteiger partial charge is 0.193 e. The van der Waals surface area contributed by atoms with Crippen molar-refractivity contribution in [2.24, 2.45) is 10.7 Å². The number of guanidine groups is 1. The van der Waals surface area contributed by atoms with E-state index < -0.39 is 0 Å². The fraction of sp³-hybridized carbons (Fsp3) is 0.333. The fourth-order valence-corrected chi connectivity index (χ4v) is 2.90. The zero-order valence-electron chi connectivity index (χ0n) is 13.7. The molecule has 0 amide bonds. The van der Waals surface area contributed by atoms with E-state index in [1.807, 2.05) is 18.2 Å². The summed E-state index contributed by atoms with van der Waals surface area (Å²) in [6, 6.07) is 12.2. The van der Waals surface area contributed by atoms with E-state index >= 15 is 0 Å². The van der Waals surface area contributed by atoms with Gasteiger partial charge < -0.3 is 16.4 Å². The minimum atomic E-state index is 0. The summed E-state index contributed by atoms with van der Waals surface area (Å²) in [5.41, 5.74) is 9.94. The van der Waals surface area contributed by atoms with E-state index in [1.165, 1.54) is 24.0 Å². The van der Waals surface area contributed by atoms with Gasteiger partial charge in [0, 0.05) is 18.4 Å². The normalized spacial score (nSPS) is 13.6. The van der Waals surface area contributed by atoms with E-state index in [4.69, 9.17) is 5.73 Å². The molecule has 1 aliphatic carbocycles. The number of hydrogen-bond donors (Lipinski definition) is 3. The molecular formula is C18H24IN5. The van der Waals surface area contributed by atoms with Crippen molar-refractivity contribution in [2.45, 2.75) is 25.7 Å². The van der Waals surface area contributed by atoms with Gasteiger partial charge >= 0.3 is 0 Å². The molecule has 24 heavy (non-hydrogen) atoms. The first-order valence-corrected chi connectivity index (χ1v) is 8.15. The van der Waals surface area contributed by atoms with Crippen LogP contribution in [0.1, 0.15) is 24.0 Å². The lowest BCUT2D eigenvalue weighted by molar-refractivity contribution is 0.687. The second-order valence-corrected chi connectivity index (χ2v) is 5.68. The van der Waals surface area contributed by atoms with Crippen molar-refractivity contribution in [1.82, 2.24) is 4.98 Å². The minimum Gasteiger partial charge on any atom is -0.370 e. The summed E-state index contributed by atoms with van der Waals surface area (Å²) in [5, 5.41) is 6.47. The average Bonchev–Trinajstić information content (AvgIpc) is 2.60. The van der Waals surface area contributed by atoms with Gasteiger partial charge in [-0.1, -0.05) is 18.2 Å². The van der Waals surface area contributed by atoms with Crippen LogP contribution >= 0.6 is 24.0 Å². The van der Waals surface area contributed by atoms with Crippen molar-refractivity contribution in [1.29, 1.82) is 0 Å². The average molecular weight is 437 g/mol. The summed E-state index contributed by atoms with van der Waals surface area (Å²) in [6.45, 7) is 1.30. The van der Waals surface area contributed by atoms with Crippen LogP contribution in [-0.4, -0.2) is 24.0 Å². The molecule has 1 aromatic carbocycles. The Kier molecular flexibility index (Phi) is 7.30. The molecule has 1 heterocycles. The van der Waals surface area contributed by atoms with Crippen molar-refractivity contribution in [3.63, 3.8) is 0 Å². The number of nitrogens with one attached hydrogen (secondary N) is 2. The summed E-state index contributed by atoms with van der Waals surface area (Å²) in [6.07, 6.45) is 6.57. The van der Waals surface area contributed by atoms with Gasteiger partial charge in [0.2, 0.25) is 0 Å². The number of aromatic nitrogens is 1. The largest absolute Gasteiger partial charge is 0.370 e. The molecule has 0 unspecified atom stereocenters. The van der Waals surface area contributed by atoms with Crippen LogP contribution in [0.15, 0.2) is 47.6 Å². The van der Waals surface area contributed by atoms with Crippen LogP contribution < -0.4 is 16.4 Å². The summed E-state index contributed by atoms with van der Waals surface area (Å²) < 4.78 is 0. The number of halogens is 1. The van der Waals surface area contributed by atoms with Gasteiger partial charge in [0.1, 0.15) is 5.82 Å². The van der Waals surface area contributed by atoms with Gasteiger partial charge in [-0.05, 0) is 55.0 Å². The van der Waals surface area contributed by atoms with Gasteiger partial charge in [-0.25, -0.2) is 4.98 Å². The number of pyridine rings is 1. The van der Waals surface area contributed by atoms with Gasteiger partial charge in [0.25, 0.3) is 0 Å². The SMILES string of the molecule is I.NC(=NCCNc1ccccn1)Nc1cccc2c1CCCC2. The highest BCUT2D eigenvalue weighted by atomic mass is 127. The Morgan fingerprint density at radius 3 is 2.83 bits per heavy atom. The topological polar surface area (TPSA) is 75.3 Å². The number of aliphatic imine (C=N–C) groups is 1. The van der Waals surface area contributed by atoms with Crippen LogP contribution in [-0.2, 0) is 12.8 Å². The maximum absolute atomic E-state index is 6.01. The first-order chi connectivity index (χ1) is 11.3. The molecule has 0 saturated carbocycles. The summed E-state index contributed by atoms with van der Waals surface area (Å²) in [4.78, 5) is 8.58. The Hall–Kier alpha value is -1.83. The monoisotopic (exact) mass is 437 g/mol. The molecule has 3 rings (SSSR count). The van der Waals surface area contributed by atoms with Crippen LogP contribution in [0, 0.1) is 0 Å². The van der Waals surface area contributed by atoms with Gasteiger partial charge in [-0.15, -0.1) is 24.0 Å². The zero-order chi connectivity index (χ0) is 15.9. The standard InChI is InChI=1S/C18H23N5.HI/c19-18(22-13-12-21-17-10-3-4-11-20-17)23-16-9-5-7-14-6-1-2-8-15(14)16;/h3-5,7,9-11H,1-2,6,8,12-13H2,(H,20,21)(H3,19,22,23);1H. The Morgan fingerprint density at radius 1 is 1.12 bits per heavy atom. The molecule has 4 N–H and O–H groups in total. The fourth-order valence-electron chi connectivity index (χ4n) is 2.90. The number of nitrogens with two attached hydrogens (primary N) is 1. The second-order valence-electron chi connectivity index (χ2n) is 5.68. The number of nitrogens with zero attached hydrogens (tertiary/aromatic N) is 2. The van der Waals surface area contributed by atoms with Crippen LogP contribution in [0.5, 0.6) is 0 Å². The Morgan fingerprint density at radius 2 is 2.00 bits per heavy atom. The minimum absolute atomic E-state index is 0. The number of benzene rings is 1. The van der Waals surface area contributed by atoms with Crippen molar-refractivity contribution < 1.29 is 0 Å². The van der Waals surface area contributed by atoms with Crippen molar-refractivity contribution in [2.75, 3.05) is 23.7 Å². The molecule has 0 aliphatic heterocycles. The predicted octanol–water partition coefficient (Wildman–Crippen LogP) is 3.42. The Bertz CT molecular complexity index is 672. The molecule has 0 saturated heterocycles. The third kappa shape index (κ3) is 5.09. The third-order valence-corrected chi connectivity index (χ3v) is 4.02.